The molecule has 132 valence electrons. The summed E-state index contributed by atoms with van der Waals surface area (Å²) in [5.41, 5.74) is 3.32. The summed E-state index contributed by atoms with van der Waals surface area (Å²) >= 11 is 0. The van der Waals surface area contributed by atoms with Crippen LogP contribution < -0.4 is 5.32 Å². The number of carbonyl (C=O) groups excluding carboxylic acids is 1. The first kappa shape index (κ1) is 17.7. The summed E-state index contributed by atoms with van der Waals surface area (Å²) in [6.45, 7) is 3.43. The Hall–Kier alpha value is -3.14. The molecule has 0 aliphatic heterocycles. The van der Waals surface area contributed by atoms with Gasteiger partial charge in [0.15, 0.2) is 0 Å². The van der Waals surface area contributed by atoms with Crippen LogP contribution in [0.25, 0.3) is 6.08 Å². The van der Waals surface area contributed by atoms with Crippen molar-refractivity contribution in [1.29, 1.82) is 0 Å². The van der Waals surface area contributed by atoms with Gasteiger partial charge in [-0.25, -0.2) is 0 Å². The monoisotopic (exact) mass is 345 g/mol. The van der Waals surface area contributed by atoms with Crippen molar-refractivity contribution in [3.63, 3.8) is 0 Å². The maximum absolute atomic E-state index is 12.0. The summed E-state index contributed by atoms with van der Waals surface area (Å²) < 4.78 is 1.87. The summed E-state index contributed by atoms with van der Waals surface area (Å²) in [7, 11) is 0. The van der Waals surface area contributed by atoms with E-state index in [0.717, 1.165) is 12.1 Å². The second kappa shape index (κ2) is 8.81. The van der Waals surface area contributed by atoms with Crippen molar-refractivity contribution in [2.75, 3.05) is 6.54 Å². The van der Waals surface area contributed by atoms with Crippen molar-refractivity contribution in [3.05, 3.63) is 95.8 Å². The lowest BCUT2D eigenvalue weighted by Crippen LogP contribution is -2.25. The van der Waals surface area contributed by atoms with Crippen LogP contribution in [-0.4, -0.2) is 22.2 Å². The van der Waals surface area contributed by atoms with Crippen molar-refractivity contribution in [1.82, 2.24) is 15.1 Å². The van der Waals surface area contributed by atoms with E-state index in [2.05, 4.69) is 41.6 Å². The van der Waals surface area contributed by atoms with E-state index in [9.17, 15) is 4.79 Å². The zero-order chi connectivity index (χ0) is 18.2. The van der Waals surface area contributed by atoms with Gasteiger partial charge in [0, 0.05) is 24.4 Å². The molecule has 0 aliphatic carbocycles. The SMILES string of the molecule is C[C@@H](CNC(=O)/C=C/c1cnn(Cc2ccccc2)c1)c1ccccc1. The number of benzene rings is 2. The van der Waals surface area contributed by atoms with Gasteiger partial charge in [0.05, 0.1) is 12.7 Å². The Morgan fingerprint density at radius 3 is 2.54 bits per heavy atom. The molecule has 0 saturated carbocycles. The summed E-state index contributed by atoms with van der Waals surface area (Å²) in [5, 5.41) is 7.28. The molecule has 4 heteroatoms. The van der Waals surface area contributed by atoms with E-state index in [0.29, 0.717) is 6.54 Å². The Bertz CT molecular complexity index is 853. The molecule has 3 rings (SSSR count). The highest BCUT2D eigenvalue weighted by Gasteiger charge is 2.06. The Morgan fingerprint density at radius 1 is 1.12 bits per heavy atom. The van der Waals surface area contributed by atoms with Crippen LogP contribution in [-0.2, 0) is 11.3 Å². The van der Waals surface area contributed by atoms with Crippen LogP contribution in [0, 0.1) is 0 Å². The number of hydrogen-bond donors (Lipinski definition) is 1. The fourth-order valence-electron chi connectivity index (χ4n) is 2.71. The van der Waals surface area contributed by atoms with Gasteiger partial charge in [-0.3, -0.25) is 9.48 Å². The average Bonchev–Trinajstić information content (AvgIpc) is 3.13. The number of nitrogens with zero attached hydrogens (tertiary/aromatic N) is 2. The van der Waals surface area contributed by atoms with Crippen LogP contribution in [0.3, 0.4) is 0 Å². The van der Waals surface area contributed by atoms with Crippen molar-refractivity contribution in [3.8, 4) is 0 Å². The highest BCUT2D eigenvalue weighted by Crippen LogP contribution is 2.13. The highest BCUT2D eigenvalue weighted by atomic mass is 16.1. The Labute approximate surface area is 154 Å². The Kier molecular flexibility index (Phi) is 5.99. The standard InChI is InChI=1S/C22H23N3O/c1-18(21-10-6-3-7-11-21)14-23-22(26)13-12-20-15-24-25(17-20)16-19-8-4-2-5-9-19/h2-13,15,17-18H,14,16H2,1H3,(H,23,26)/b13-12+/t18-/m0/s1. The summed E-state index contributed by atoms with van der Waals surface area (Å²) in [6.07, 6.45) is 7.04. The maximum Gasteiger partial charge on any atom is 0.244 e. The smallest absolute Gasteiger partial charge is 0.244 e. The van der Waals surface area contributed by atoms with Crippen LogP contribution in [0.4, 0.5) is 0 Å². The maximum atomic E-state index is 12.0. The van der Waals surface area contributed by atoms with Crippen LogP contribution in [0.1, 0.15) is 29.5 Å². The molecule has 0 aliphatic rings. The van der Waals surface area contributed by atoms with Gasteiger partial charge in [0.25, 0.3) is 0 Å². The van der Waals surface area contributed by atoms with Gasteiger partial charge in [0.1, 0.15) is 0 Å². The second-order valence-corrected chi connectivity index (χ2v) is 6.35. The van der Waals surface area contributed by atoms with E-state index in [-0.39, 0.29) is 11.8 Å². The molecule has 0 fully saturated rings. The Morgan fingerprint density at radius 2 is 1.81 bits per heavy atom. The molecule has 0 radical (unpaired) electrons. The molecule has 1 aromatic heterocycles. The van der Waals surface area contributed by atoms with Crippen LogP contribution >= 0.6 is 0 Å². The highest BCUT2D eigenvalue weighted by molar-refractivity contribution is 5.91. The lowest BCUT2D eigenvalue weighted by atomic mass is 10.0. The van der Waals surface area contributed by atoms with Gasteiger partial charge in [0.2, 0.25) is 5.91 Å². The van der Waals surface area contributed by atoms with Gasteiger partial charge in [-0.2, -0.15) is 5.10 Å². The zero-order valence-corrected chi connectivity index (χ0v) is 14.9. The molecule has 1 atom stereocenters. The van der Waals surface area contributed by atoms with Crippen LogP contribution in [0.15, 0.2) is 79.1 Å². The molecule has 2 aromatic carbocycles. The van der Waals surface area contributed by atoms with Gasteiger partial charge in [-0.15, -0.1) is 0 Å². The van der Waals surface area contributed by atoms with Gasteiger partial charge in [-0.05, 0) is 23.1 Å². The quantitative estimate of drug-likeness (QED) is 0.661. The number of aromatic nitrogens is 2. The number of rotatable bonds is 7. The number of nitrogens with one attached hydrogen (secondary N) is 1. The van der Waals surface area contributed by atoms with Crippen molar-refractivity contribution in [2.24, 2.45) is 0 Å². The predicted octanol–water partition coefficient (Wildman–Crippen LogP) is 3.86. The molecule has 1 N–H and O–H groups in total. The number of carbonyl (C=O) groups is 1. The van der Waals surface area contributed by atoms with E-state index >= 15 is 0 Å². The Balaban J connectivity index is 1.49. The van der Waals surface area contributed by atoms with E-state index in [1.807, 2.05) is 47.3 Å². The number of amides is 1. The molecule has 0 bridgehead atoms. The van der Waals surface area contributed by atoms with Crippen molar-refractivity contribution >= 4 is 12.0 Å². The summed E-state index contributed by atoms with van der Waals surface area (Å²) in [6, 6.07) is 20.3. The summed E-state index contributed by atoms with van der Waals surface area (Å²) in [4.78, 5) is 12.0. The first-order valence-corrected chi connectivity index (χ1v) is 8.78. The zero-order valence-electron chi connectivity index (χ0n) is 14.9. The van der Waals surface area contributed by atoms with Gasteiger partial charge in [-0.1, -0.05) is 67.6 Å². The minimum Gasteiger partial charge on any atom is -0.352 e. The van der Waals surface area contributed by atoms with E-state index in [1.54, 1.807) is 18.3 Å². The molecular formula is C22H23N3O. The first-order chi connectivity index (χ1) is 12.7. The van der Waals surface area contributed by atoms with Crippen molar-refractivity contribution in [2.45, 2.75) is 19.4 Å². The number of hydrogen-bond acceptors (Lipinski definition) is 2. The molecular weight excluding hydrogens is 322 g/mol. The minimum atomic E-state index is -0.0939. The molecule has 4 nitrogen and oxygen atoms in total. The van der Waals surface area contributed by atoms with E-state index in [1.165, 1.54) is 11.1 Å². The largest absolute Gasteiger partial charge is 0.352 e. The molecule has 0 unspecified atom stereocenters. The second-order valence-electron chi connectivity index (χ2n) is 6.35. The normalized spacial score (nSPS) is 12.2. The minimum absolute atomic E-state index is 0.0939. The third-order valence-corrected chi connectivity index (χ3v) is 4.22. The molecule has 3 aromatic rings. The third kappa shape index (κ3) is 5.18. The fraction of sp³-hybridized carbons (Fsp3) is 0.182. The van der Waals surface area contributed by atoms with E-state index < -0.39 is 0 Å². The first-order valence-electron chi connectivity index (χ1n) is 8.78. The van der Waals surface area contributed by atoms with Crippen LogP contribution in [0.2, 0.25) is 0 Å². The lowest BCUT2D eigenvalue weighted by molar-refractivity contribution is -0.116. The van der Waals surface area contributed by atoms with Crippen molar-refractivity contribution < 1.29 is 4.79 Å². The topological polar surface area (TPSA) is 46.9 Å². The van der Waals surface area contributed by atoms with E-state index in [4.69, 9.17) is 0 Å². The van der Waals surface area contributed by atoms with Gasteiger partial charge < -0.3 is 5.32 Å². The molecule has 1 amide bonds. The molecule has 1 heterocycles. The lowest BCUT2D eigenvalue weighted by Gasteiger charge is -2.11. The van der Waals surface area contributed by atoms with Crippen LogP contribution in [0.5, 0.6) is 0 Å². The van der Waals surface area contributed by atoms with Gasteiger partial charge >= 0.3 is 0 Å². The predicted molar refractivity (Wildman–Crippen MR) is 105 cm³/mol. The average molecular weight is 345 g/mol. The molecule has 0 spiro atoms. The fourth-order valence-corrected chi connectivity index (χ4v) is 2.71. The molecule has 26 heavy (non-hydrogen) atoms. The molecule has 0 saturated heterocycles. The third-order valence-electron chi connectivity index (χ3n) is 4.22. The summed E-state index contributed by atoms with van der Waals surface area (Å²) in [5.74, 6) is 0.186.